The summed E-state index contributed by atoms with van der Waals surface area (Å²) in [6.45, 7) is 4.21. The first-order valence-electron chi connectivity index (χ1n) is 9.92. The summed E-state index contributed by atoms with van der Waals surface area (Å²) >= 11 is 0. The van der Waals surface area contributed by atoms with Gasteiger partial charge < -0.3 is 24.2 Å². The molecule has 0 aliphatic carbocycles. The number of hydrogen-bond donors (Lipinski definition) is 1. The zero-order chi connectivity index (χ0) is 22.5. The number of aliphatic hydroxyl groups is 1. The summed E-state index contributed by atoms with van der Waals surface area (Å²) in [5, 5.41) is 11.3. The topological polar surface area (TPSA) is 98.2 Å². The Morgan fingerprint density at radius 3 is 2.35 bits per heavy atom. The summed E-state index contributed by atoms with van der Waals surface area (Å²) in [6.07, 6.45) is 3.15. The van der Waals surface area contributed by atoms with Crippen molar-refractivity contribution in [2.75, 3.05) is 27.4 Å². The second-order valence-corrected chi connectivity index (χ2v) is 7.24. The Bertz CT molecular complexity index is 965. The SMILES string of the molecule is COc1cccc(OC)c1/C(O)=C1\C(=O)C(=O)N(CCOC(C)C)C1c1cccnc1. The maximum absolute atomic E-state index is 13.1. The normalized spacial score (nSPS) is 18.0. The molecule has 0 radical (unpaired) electrons. The number of aliphatic hydroxyl groups excluding tert-OH is 1. The van der Waals surface area contributed by atoms with Crippen molar-refractivity contribution in [2.45, 2.75) is 26.0 Å². The van der Waals surface area contributed by atoms with Crippen LogP contribution in [-0.4, -0.2) is 60.2 Å². The lowest BCUT2D eigenvalue weighted by molar-refractivity contribution is -0.140. The summed E-state index contributed by atoms with van der Waals surface area (Å²) in [5.74, 6) is -1.23. The minimum absolute atomic E-state index is 0.0218. The van der Waals surface area contributed by atoms with Gasteiger partial charge in [-0.25, -0.2) is 0 Å². The first kappa shape index (κ1) is 22.3. The van der Waals surface area contributed by atoms with Crippen LogP contribution in [0.15, 0.2) is 48.3 Å². The smallest absolute Gasteiger partial charge is 0.295 e. The number of aromatic nitrogens is 1. The van der Waals surface area contributed by atoms with Crippen molar-refractivity contribution in [1.82, 2.24) is 9.88 Å². The number of carbonyl (C=O) groups excluding carboxylic acids is 2. The molecule has 1 aliphatic heterocycles. The van der Waals surface area contributed by atoms with E-state index in [9.17, 15) is 14.7 Å². The Kier molecular flexibility index (Phi) is 6.91. The Hall–Kier alpha value is -3.39. The molecule has 8 heteroatoms. The number of rotatable bonds is 8. The molecule has 31 heavy (non-hydrogen) atoms. The fourth-order valence-electron chi connectivity index (χ4n) is 3.60. The fourth-order valence-corrected chi connectivity index (χ4v) is 3.60. The molecule has 8 nitrogen and oxygen atoms in total. The number of benzene rings is 1. The highest BCUT2D eigenvalue weighted by Gasteiger charge is 2.46. The Morgan fingerprint density at radius 1 is 1.13 bits per heavy atom. The van der Waals surface area contributed by atoms with Gasteiger partial charge >= 0.3 is 0 Å². The number of hydrogen-bond acceptors (Lipinski definition) is 7. The number of ether oxygens (including phenoxy) is 3. The van der Waals surface area contributed by atoms with Crippen LogP contribution in [0.2, 0.25) is 0 Å². The molecule has 1 N–H and O–H groups in total. The molecule has 164 valence electrons. The van der Waals surface area contributed by atoms with Gasteiger partial charge in [-0.2, -0.15) is 0 Å². The number of carbonyl (C=O) groups is 2. The van der Waals surface area contributed by atoms with Crippen LogP contribution >= 0.6 is 0 Å². The van der Waals surface area contributed by atoms with Gasteiger partial charge in [0.2, 0.25) is 0 Å². The minimum atomic E-state index is -0.820. The zero-order valence-corrected chi connectivity index (χ0v) is 18.0. The van der Waals surface area contributed by atoms with Crippen LogP contribution in [0.3, 0.4) is 0 Å². The van der Waals surface area contributed by atoms with E-state index in [0.717, 1.165) is 0 Å². The predicted octanol–water partition coefficient (Wildman–Crippen LogP) is 2.95. The molecule has 0 bridgehead atoms. The van der Waals surface area contributed by atoms with Gasteiger partial charge in [-0.15, -0.1) is 0 Å². The number of likely N-dealkylation sites (tertiary alicyclic amines) is 1. The summed E-state index contributed by atoms with van der Waals surface area (Å²) in [4.78, 5) is 31.5. The summed E-state index contributed by atoms with van der Waals surface area (Å²) < 4.78 is 16.3. The first-order valence-corrected chi connectivity index (χ1v) is 9.92. The second kappa shape index (κ2) is 9.61. The first-order chi connectivity index (χ1) is 14.9. The number of ketones is 1. The Morgan fingerprint density at radius 2 is 1.81 bits per heavy atom. The van der Waals surface area contributed by atoms with E-state index in [1.165, 1.54) is 19.1 Å². The van der Waals surface area contributed by atoms with Gasteiger partial charge in [0.25, 0.3) is 11.7 Å². The van der Waals surface area contributed by atoms with Crippen molar-refractivity contribution in [3.63, 3.8) is 0 Å². The van der Waals surface area contributed by atoms with E-state index in [1.54, 1.807) is 42.7 Å². The minimum Gasteiger partial charge on any atom is -0.506 e. The van der Waals surface area contributed by atoms with E-state index < -0.39 is 17.7 Å². The zero-order valence-electron chi connectivity index (χ0n) is 18.0. The third-order valence-corrected chi connectivity index (χ3v) is 4.99. The van der Waals surface area contributed by atoms with Crippen LogP contribution in [0.5, 0.6) is 11.5 Å². The molecule has 1 aromatic heterocycles. The molecule has 0 saturated carbocycles. The molecule has 1 saturated heterocycles. The van der Waals surface area contributed by atoms with E-state index in [-0.39, 0.29) is 36.2 Å². The summed E-state index contributed by atoms with van der Waals surface area (Å²) in [5.41, 5.74) is 0.754. The van der Waals surface area contributed by atoms with E-state index in [0.29, 0.717) is 17.1 Å². The van der Waals surface area contributed by atoms with Crippen molar-refractivity contribution in [2.24, 2.45) is 0 Å². The van der Waals surface area contributed by atoms with Crippen LogP contribution in [0, 0.1) is 0 Å². The molecular weight excluding hydrogens is 400 g/mol. The highest BCUT2D eigenvalue weighted by Crippen LogP contribution is 2.43. The summed E-state index contributed by atoms with van der Waals surface area (Å²) in [7, 11) is 2.90. The lowest BCUT2D eigenvalue weighted by Crippen LogP contribution is -2.33. The van der Waals surface area contributed by atoms with Crippen molar-refractivity contribution in [3.05, 3.63) is 59.4 Å². The molecule has 1 aliphatic rings. The number of amides is 1. The van der Waals surface area contributed by atoms with Crippen molar-refractivity contribution >= 4 is 17.4 Å². The number of pyridine rings is 1. The van der Waals surface area contributed by atoms with Crippen molar-refractivity contribution < 1.29 is 28.9 Å². The van der Waals surface area contributed by atoms with Crippen LogP contribution in [-0.2, 0) is 14.3 Å². The van der Waals surface area contributed by atoms with E-state index >= 15 is 0 Å². The highest BCUT2D eigenvalue weighted by atomic mass is 16.5. The Balaban J connectivity index is 2.17. The van der Waals surface area contributed by atoms with Gasteiger partial charge in [0, 0.05) is 18.9 Å². The molecule has 0 spiro atoms. The van der Waals surface area contributed by atoms with Crippen molar-refractivity contribution in [1.29, 1.82) is 0 Å². The van der Waals surface area contributed by atoms with E-state index in [1.807, 2.05) is 13.8 Å². The molecule has 2 heterocycles. The monoisotopic (exact) mass is 426 g/mol. The van der Waals surface area contributed by atoms with E-state index in [4.69, 9.17) is 14.2 Å². The molecular formula is C23H26N2O6. The average Bonchev–Trinajstić information content (AvgIpc) is 3.03. The van der Waals surface area contributed by atoms with Gasteiger partial charge in [-0.05, 0) is 37.6 Å². The van der Waals surface area contributed by atoms with Crippen LogP contribution in [0.4, 0.5) is 0 Å². The van der Waals surface area contributed by atoms with Gasteiger partial charge in [0.15, 0.2) is 0 Å². The third-order valence-electron chi connectivity index (χ3n) is 4.99. The number of nitrogens with zero attached hydrogens (tertiary/aromatic N) is 2. The third kappa shape index (κ3) is 4.39. The average molecular weight is 426 g/mol. The van der Waals surface area contributed by atoms with Gasteiger partial charge in [-0.3, -0.25) is 14.6 Å². The van der Waals surface area contributed by atoms with Gasteiger partial charge in [0.1, 0.15) is 22.8 Å². The molecule has 1 unspecified atom stereocenters. The van der Waals surface area contributed by atoms with Crippen LogP contribution in [0.1, 0.15) is 31.0 Å². The molecule has 1 aromatic carbocycles. The number of methoxy groups -OCH3 is 2. The standard InChI is InChI=1S/C23H26N2O6/c1-14(2)31-12-11-25-20(15-7-6-10-24-13-15)19(22(27)23(25)28)21(26)18-16(29-3)8-5-9-17(18)30-4/h5-10,13-14,20,26H,11-12H2,1-4H3/b21-19+. The summed E-state index contributed by atoms with van der Waals surface area (Å²) in [6, 6.07) is 7.64. The maximum atomic E-state index is 13.1. The molecule has 1 amide bonds. The lowest BCUT2D eigenvalue weighted by Gasteiger charge is -2.25. The molecule has 3 rings (SSSR count). The van der Waals surface area contributed by atoms with Crippen LogP contribution in [0.25, 0.3) is 5.76 Å². The van der Waals surface area contributed by atoms with Crippen molar-refractivity contribution in [3.8, 4) is 11.5 Å². The maximum Gasteiger partial charge on any atom is 0.295 e. The van der Waals surface area contributed by atoms with E-state index in [2.05, 4.69) is 4.98 Å². The molecule has 1 fully saturated rings. The predicted molar refractivity (Wildman–Crippen MR) is 114 cm³/mol. The molecule has 2 aromatic rings. The second-order valence-electron chi connectivity index (χ2n) is 7.24. The highest BCUT2D eigenvalue weighted by molar-refractivity contribution is 6.46. The Labute approximate surface area is 181 Å². The lowest BCUT2D eigenvalue weighted by atomic mass is 9.95. The number of Topliss-reactive ketones (excluding diaryl/α,β-unsaturated/α-hetero) is 1. The molecule has 1 atom stereocenters. The van der Waals surface area contributed by atoms with Crippen LogP contribution < -0.4 is 9.47 Å². The largest absolute Gasteiger partial charge is 0.506 e. The fraction of sp³-hybridized carbons (Fsp3) is 0.348. The van der Waals surface area contributed by atoms with Gasteiger partial charge in [-0.1, -0.05) is 12.1 Å². The van der Waals surface area contributed by atoms with Gasteiger partial charge in [0.05, 0.1) is 38.5 Å². The quantitative estimate of drug-likeness (QED) is 0.394.